The van der Waals surface area contributed by atoms with Crippen molar-refractivity contribution in [3.05, 3.63) is 35.9 Å². The molecule has 98 valence electrons. The summed E-state index contributed by atoms with van der Waals surface area (Å²) in [5.74, 6) is -0.330. The SMILES string of the molecule is COC(=O)C1CCN(Cc2ccccc2)CC1N. The normalized spacial score (nSPS) is 24.8. The maximum Gasteiger partial charge on any atom is 0.310 e. The quantitative estimate of drug-likeness (QED) is 0.811. The van der Waals surface area contributed by atoms with E-state index in [1.165, 1.54) is 12.7 Å². The van der Waals surface area contributed by atoms with Gasteiger partial charge in [-0.3, -0.25) is 9.69 Å². The topological polar surface area (TPSA) is 55.6 Å². The van der Waals surface area contributed by atoms with Crippen LogP contribution in [-0.4, -0.2) is 37.1 Å². The van der Waals surface area contributed by atoms with E-state index in [0.717, 1.165) is 26.1 Å². The molecule has 1 aromatic rings. The number of esters is 1. The highest BCUT2D eigenvalue weighted by Gasteiger charge is 2.32. The summed E-state index contributed by atoms with van der Waals surface area (Å²) >= 11 is 0. The van der Waals surface area contributed by atoms with E-state index >= 15 is 0 Å². The molecule has 0 bridgehead atoms. The van der Waals surface area contributed by atoms with Crippen LogP contribution in [0.1, 0.15) is 12.0 Å². The summed E-state index contributed by atoms with van der Waals surface area (Å²) in [6, 6.07) is 10.2. The van der Waals surface area contributed by atoms with Crippen molar-refractivity contribution in [2.75, 3.05) is 20.2 Å². The second-order valence-corrected chi connectivity index (χ2v) is 4.80. The van der Waals surface area contributed by atoms with Gasteiger partial charge < -0.3 is 10.5 Å². The van der Waals surface area contributed by atoms with E-state index in [-0.39, 0.29) is 17.9 Å². The average molecular weight is 248 g/mol. The van der Waals surface area contributed by atoms with Gasteiger partial charge in [0.25, 0.3) is 0 Å². The summed E-state index contributed by atoms with van der Waals surface area (Å²) in [5.41, 5.74) is 7.34. The van der Waals surface area contributed by atoms with Crippen molar-refractivity contribution in [2.24, 2.45) is 11.7 Å². The smallest absolute Gasteiger partial charge is 0.310 e. The number of piperidine rings is 1. The minimum absolute atomic E-state index is 0.130. The van der Waals surface area contributed by atoms with Gasteiger partial charge in [-0.2, -0.15) is 0 Å². The van der Waals surface area contributed by atoms with Crippen LogP contribution in [0.15, 0.2) is 30.3 Å². The molecule has 0 aliphatic carbocycles. The van der Waals surface area contributed by atoms with Gasteiger partial charge in [-0.05, 0) is 18.5 Å². The van der Waals surface area contributed by atoms with Gasteiger partial charge in [0.1, 0.15) is 0 Å². The van der Waals surface area contributed by atoms with E-state index in [1.807, 2.05) is 18.2 Å². The van der Waals surface area contributed by atoms with E-state index < -0.39 is 0 Å². The number of nitrogens with two attached hydrogens (primary N) is 1. The van der Waals surface area contributed by atoms with Crippen LogP contribution >= 0.6 is 0 Å². The lowest BCUT2D eigenvalue weighted by Gasteiger charge is -2.35. The van der Waals surface area contributed by atoms with Crippen molar-refractivity contribution >= 4 is 5.97 Å². The molecule has 2 atom stereocenters. The Hall–Kier alpha value is -1.39. The molecule has 2 N–H and O–H groups in total. The van der Waals surface area contributed by atoms with Crippen molar-refractivity contribution in [1.29, 1.82) is 0 Å². The van der Waals surface area contributed by atoms with Crippen molar-refractivity contribution < 1.29 is 9.53 Å². The molecule has 0 radical (unpaired) electrons. The molecule has 1 aromatic carbocycles. The van der Waals surface area contributed by atoms with E-state index in [0.29, 0.717) is 0 Å². The van der Waals surface area contributed by atoms with E-state index in [1.54, 1.807) is 0 Å². The fourth-order valence-corrected chi connectivity index (χ4v) is 2.48. The summed E-state index contributed by atoms with van der Waals surface area (Å²) in [5, 5.41) is 0. The number of benzene rings is 1. The van der Waals surface area contributed by atoms with E-state index in [2.05, 4.69) is 17.0 Å². The third-order valence-electron chi connectivity index (χ3n) is 3.50. The van der Waals surface area contributed by atoms with Crippen LogP contribution in [0.25, 0.3) is 0 Å². The first kappa shape index (κ1) is 13.1. The van der Waals surface area contributed by atoms with Crippen LogP contribution in [0.2, 0.25) is 0 Å². The largest absolute Gasteiger partial charge is 0.469 e. The Morgan fingerprint density at radius 2 is 2.17 bits per heavy atom. The van der Waals surface area contributed by atoms with Gasteiger partial charge in [-0.15, -0.1) is 0 Å². The highest BCUT2D eigenvalue weighted by molar-refractivity contribution is 5.73. The molecule has 2 unspecified atom stereocenters. The second-order valence-electron chi connectivity index (χ2n) is 4.80. The Kier molecular flexibility index (Phi) is 4.33. The number of likely N-dealkylation sites (tertiary alicyclic amines) is 1. The fourth-order valence-electron chi connectivity index (χ4n) is 2.48. The third-order valence-corrected chi connectivity index (χ3v) is 3.50. The predicted molar refractivity (Wildman–Crippen MR) is 69.8 cm³/mol. The van der Waals surface area contributed by atoms with Gasteiger partial charge in [-0.1, -0.05) is 30.3 Å². The van der Waals surface area contributed by atoms with Crippen molar-refractivity contribution in [1.82, 2.24) is 4.90 Å². The molecule has 1 aliphatic heterocycles. The van der Waals surface area contributed by atoms with Crippen LogP contribution in [-0.2, 0) is 16.1 Å². The zero-order chi connectivity index (χ0) is 13.0. The number of carbonyl (C=O) groups excluding carboxylic acids is 1. The monoisotopic (exact) mass is 248 g/mol. The van der Waals surface area contributed by atoms with Crippen LogP contribution in [0.3, 0.4) is 0 Å². The van der Waals surface area contributed by atoms with Gasteiger partial charge >= 0.3 is 5.97 Å². The molecule has 4 nitrogen and oxygen atoms in total. The lowest BCUT2D eigenvalue weighted by molar-refractivity contribution is -0.147. The number of ether oxygens (including phenoxy) is 1. The van der Waals surface area contributed by atoms with Crippen LogP contribution in [0.4, 0.5) is 0 Å². The van der Waals surface area contributed by atoms with E-state index in [4.69, 9.17) is 10.5 Å². The minimum atomic E-state index is -0.179. The molecule has 1 fully saturated rings. The first-order valence-corrected chi connectivity index (χ1v) is 6.30. The number of rotatable bonds is 3. The zero-order valence-corrected chi connectivity index (χ0v) is 10.7. The summed E-state index contributed by atoms with van der Waals surface area (Å²) in [6.45, 7) is 2.53. The van der Waals surface area contributed by atoms with Gasteiger partial charge in [0, 0.05) is 19.1 Å². The second kappa shape index (κ2) is 5.98. The summed E-state index contributed by atoms with van der Waals surface area (Å²) < 4.78 is 4.78. The van der Waals surface area contributed by atoms with Crippen molar-refractivity contribution in [3.63, 3.8) is 0 Å². The minimum Gasteiger partial charge on any atom is -0.469 e. The Balaban J connectivity index is 1.90. The highest BCUT2D eigenvalue weighted by atomic mass is 16.5. The molecular formula is C14H20N2O2. The first-order chi connectivity index (χ1) is 8.70. The molecule has 1 heterocycles. The number of methoxy groups -OCH3 is 1. The van der Waals surface area contributed by atoms with Crippen LogP contribution < -0.4 is 5.73 Å². The Morgan fingerprint density at radius 3 is 2.78 bits per heavy atom. The molecule has 4 heteroatoms. The highest BCUT2D eigenvalue weighted by Crippen LogP contribution is 2.19. The Bertz CT molecular complexity index is 394. The Labute approximate surface area is 108 Å². The molecular weight excluding hydrogens is 228 g/mol. The molecule has 0 amide bonds. The van der Waals surface area contributed by atoms with Crippen LogP contribution in [0, 0.1) is 5.92 Å². The lowest BCUT2D eigenvalue weighted by Crippen LogP contribution is -2.50. The molecule has 1 aliphatic rings. The van der Waals surface area contributed by atoms with Gasteiger partial charge in [0.2, 0.25) is 0 Å². The molecule has 2 rings (SSSR count). The zero-order valence-electron chi connectivity index (χ0n) is 10.7. The summed E-state index contributed by atoms with van der Waals surface area (Å²) in [7, 11) is 1.42. The van der Waals surface area contributed by atoms with Gasteiger partial charge in [0.15, 0.2) is 0 Å². The molecule has 1 saturated heterocycles. The maximum atomic E-state index is 11.5. The molecule has 0 aromatic heterocycles. The lowest BCUT2D eigenvalue weighted by atomic mass is 9.92. The molecule has 0 saturated carbocycles. The number of nitrogens with zero attached hydrogens (tertiary/aromatic N) is 1. The number of hydrogen-bond acceptors (Lipinski definition) is 4. The van der Waals surface area contributed by atoms with Crippen molar-refractivity contribution in [3.8, 4) is 0 Å². The van der Waals surface area contributed by atoms with Gasteiger partial charge in [-0.25, -0.2) is 0 Å². The van der Waals surface area contributed by atoms with E-state index in [9.17, 15) is 4.79 Å². The van der Waals surface area contributed by atoms with Crippen molar-refractivity contribution in [2.45, 2.75) is 19.0 Å². The number of carbonyl (C=O) groups is 1. The molecule has 18 heavy (non-hydrogen) atoms. The maximum absolute atomic E-state index is 11.5. The predicted octanol–water partition coefficient (Wildman–Crippen LogP) is 1.01. The third kappa shape index (κ3) is 3.09. The summed E-state index contributed by atoms with van der Waals surface area (Å²) in [6.07, 6.45) is 0.778. The Morgan fingerprint density at radius 1 is 1.44 bits per heavy atom. The fraction of sp³-hybridized carbons (Fsp3) is 0.500. The summed E-state index contributed by atoms with van der Waals surface area (Å²) in [4.78, 5) is 13.8. The molecule has 0 spiro atoms. The first-order valence-electron chi connectivity index (χ1n) is 6.30. The average Bonchev–Trinajstić information content (AvgIpc) is 2.39. The van der Waals surface area contributed by atoms with Gasteiger partial charge in [0.05, 0.1) is 13.0 Å². The van der Waals surface area contributed by atoms with Crippen LogP contribution in [0.5, 0.6) is 0 Å². The number of hydrogen-bond donors (Lipinski definition) is 1. The standard InChI is InChI=1S/C14H20N2O2/c1-18-14(17)12-7-8-16(10-13(12)15)9-11-5-3-2-4-6-11/h2-6,12-13H,7-10,15H2,1H3.